The Balaban J connectivity index is 2.37. The topological polar surface area (TPSA) is 74.7 Å². The van der Waals surface area contributed by atoms with E-state index in [0.717, 1.165) is 4.90 Å². The second-order valence-electron chi connectivity index (χ2n) is 5.28. The molecule has 0 aromatic heterocycles. The summed E-state index contributed by atoms with van der Waals surface area (Å²) in [5, 5.41) is 9.41. The van der Waals surface area contributed by atoms with E-state index in [1.54, 1.807) is 26.0 Å². The van der Waals surface area contributed by atoms with Crippen molar-refractivity contribution in [3.05, 3.63) is 24.3 Å². The van der Waals surface area contributed by atoms with Crippen LogP contribution in [0.2, 0.25) is 0 Å². The van der Waals surface area contributed by atoms with Crippen molar-refractivity contribution in [3.63, 3.8) is 0 Å². The smallest absolute Gasteiger partial charge is 0.238 e. The van der Waals surface area contributed by atoms with Gasteiger partial charge in [-0.05, 0) is 12.1 Å². The first-order valence-corrected chi connectivity index (χ1v) is 5.99. The molecule has 5 heteroatoms. The van der Waals surface area contributed by atoms with Gasteiger partial charge in [-0.15, -0.1) is 0 Å². The van der Waals surface area contributed by atoms with Crippen molar-refractivity contribution < 1.29 is 19.5 Å². The fourth-order valence-electron chi connectivity index (χ4n) is 2.20. The van der Waals surface area contributed by atoms with E-state index in [0.29, 0.717) is 12.0 Å². The Morgan fingerprint density at radius 1 is 1.37 bits per heavy atom. The number of phenolic OH excluding ortho intramolecular Hbond substituents is 1. The molecule has 1 aromatic carbocycles. The standard InChI is InChI=1S/C14H15NO4/c1-14(2,8-16)11-7-12(18)15(13(11)19)9-4-3-5-10(17)6-9/h3-6,8,11,17H,7H2,1-2H3. The van der Waals surface area contributed by atoms with Crippen molar-refractivity contribution in [1.29, 1.82) is 0 Å². The maximum absolute atomic E-state index is 12.3. The maximum atomic E-state index is 12.3. The Kier molecular flexibility index (Phi) is 3.14. The summed E-state index contributed by atoms with van der Waals surface area (Å²) in [7, 11) is 0. The summed E-state index contributed by atoms with van der Waals surface area (Å²) in [6.45, 7) is 3.28. The van der Waals surface area contributed by atoms with E-state index in [1.165, 1.54) is 12.1 Å². The van der Waals surface area contributed by atoms with E-state index in [4.69, 9.17) is 0 Å². The van der Waals surface area contributed by atoms with E-state index < -0.39 is 17.2 Å². The van der Waals surface area contributed by atoms with Gasteiger partial charge in [-0.25, -0.2) is 0 Å². The highest BCUT2D eigenvalue weighted by molar-refractivity contribution is 6.21. The average Bonchev–Trinajstić information content (AvgIpc) is 2.65. The molecule has 0 saturated carbocycles. The van der Waals surface area contributed by atoms with Gasteiger partial charge in [0.15, 0.2) is 0 Å². The van der Waals surface area contributed by atoms with Gasteiger partial charge in [0.1, 0.15) is 12.0 Å². The van der Waals surface area contributed by atoms with Gasteiger partial charge in [-0.2, -0.15) is 0 Å². The van der Waals surface area contributed by atoms with Crippen LogP contribution in [0.25, 0.3) is 0 Å². The molecule has 1 aliphatic heterocycles. The number of phenols is 1. The minimum absolute atomic E-state index is 0.0141. The monoisotopic (exact) mass is 261 g/mol. The Hall–Kier alpha value is -2.17. The molecule has 1 N–H and O–H groups in total. The zero-order chi connectivity index (χ0) is 14.2. The molecule has 1 heterocycles. The van der Waals surface area contributed by atoms with Crippen molar-refractivity contribution in [1.82, 2.24) is 0 Å². The molecular weight excluding hydrogens is 246 g/mol. The molecule has 5 nitrogen and oxygen atoms in total. The summed E-state index contributed by atoms with van der Waals surface area (Å²) >= 11 is 0. The molecular formula is C14H15NO4. The number of hydrogen-bond donors (Lipinski definition) is 1. The zero-order valence-electron chi connectivity index (χ0n) is 10.8. The lowest BCUT2D eigenvalue weighted by atomic mass is 9.79. The number of amides is 2. The lowest BCUT2D eigenvalue weighted by Gasteiger charge is -2.23. The van der Waals surface area contributed by atoms with Crippen molar-refractivity contribution >= 4 is 23.8 Å². The number of nitrogens with zero attached hydrogens (tertiary/aromatic N) is 1. The van der Waals surface area contributed by atoms with Crippen molar-refractivity contribution in [2.24, 2.45) is 11.3 Å². The molecule has 0 spiro atoms. The van der Waals surface area contributed by atoms with E-state index in [1.807, 2.05) is 0 Å². The van der Waals surface area contributed by atoms with Gasteiger partial charge in [0.05, 0.1) is 11.6 Å². The van der Waals surface area contributed by atoms with Crippen LogP contribution in [-0.4, -0.2) is 23.2 Å². The molecule has 1 aliphatic rings. The van der Waals surface area contributed by atoms with E-state index in [-0.39, 0.29) is 18.1 Å². The third-order valence-electron chi connectivity index (χ3n) is 3.44. The summed E-state index contributed by atoms with van der Waals surface area (Å²) in [5.74, 6) is -1.42. The minimum Gasteiger partial charge on any atom is -0.508 e. The minimum atomic E-state index is -0.877. The van der Waals surface area contributed by atoms with Gasteiger partial charge in [0.25, 0.3) is 0 Å². The van der Waals surface area contributed by atoms with Gasteiger partial charge < -0.3 is 9.90 Å². The average molecular weight is 261 g/mol. The van der Waals surface area contributed by atoms with Gasteiger partial charge in [-0.3, -0.25) is 14.5 Å². The highest BCUT2D eigenvalue weighted by atomic mass is 16.3. The van der Waals surface area contributed by atoms with Crippen molar-refractivity contribution in [3.8, 4) is 5.75 Å². The third-order valence-corrected chi connectivity index (χ3v) is 3.44. The number of benzene rings is 1. The van der Waals surface area contributed by atoms with Crippen LogP contribution in [0.5, 0.6) is 5.75 Å². The Bertz CT molecular complexity index is 550. The molecule has 1 aromatic rings. The van der Waals surface area contributed by atoms with Gasteiger partial charge in [-0.1, -0.05) is 19.9 Å². The Labute approximate surface area is 110 Å². The Morgan fingerprint density at radius 3 is 2.63 bits per heavy atom. The van der Waals surface area contributed by atoms with Crippen LogP contribution in [0.15, 0.2) is 24.3 Å². The van der Waals surface area contributed by atoms with Crippen LogP contribution in [0.1, 0.15) is 20.3 Å². The largest absolute Gasteiger partial charge is 0.508 e. The summed E-state index contributed by atoms with van der Waals surface area (Å²) in [6, 6.07) is 5.95. The Morgan fingerprint density at radius 2 is 2.05 bits per heavy atom. The lowest BCUT2D eigenvalue weighted by Crippen LogP contribution is -2.35. The molecule has 0 aliphatic carbocycles. The lowest BCUT2D eigenvalue weighted by molar-refractivity contribution is -0.129. The van der Waals surface area contributed by atoms with E-state index in [2.05, 4.69) is 0 Å². The SMILES string of the molecule is CC(C)(C=O)C1CC(=O)N(c2cccc(O)c2)C1=O. The fraction of sp³-hybridized carbons (Fsp3) is 0.357. The molecule has 2 rings (SSSR count). The number of carbonyl (C=O) groups is 3. The molecule has 19 heavy (non-hydrogen) atoms. The van der Waals surface area contributed by atoms with Crippen LogP contribution in [0.3, 0.4) is 0 Å². The first-order chi connectivity index (χ1) is 8.86. The molecule has 1 saturated heterocycles. The van der Waals surface area contributed by atoms with E-state index >= 15 is 0 Å². The van der Waals surface area contributed by atoms with Crippen LogP contribution in [0, 0.1) is 11.3 Å². The first kappa shape index (κ1) is 13.3. The number of imide groups is 1. The summed E-state index contributed by atoms with van der Waals surface area (Å²) in [6.07, 6.45) is 0.717. The van der Waals surface area contributed by atoms with Crippen molar-refractivity contribution in [2.45, 2.75) is 20.3 Å². The van der Waals surface area contributed by atoms with Crippen molar-refractivity contribution in [2.75, 3.05) is 4.90 Å². The summed E-state index contributed by atoms with van der Waals surface area (Å²) < 4.78 is 0. The number of aldehydes is 1. The molecule has 1 atom stereocenters. The number of carbonyl (C=O) groups excluding carboxylic acids is 3. The molecule has 1 unspecified atom stereocenters. The molecule has 100 valence electrons. The predicted octanol–water partition coefficient (Wildman–Crippen LogP) is 1.50. The molecule has 2 amide bonds. The number of aromatic hydroxyl groups is 1. The third kappa shape index (κ3) is 2.23. The number of anilines is 1. The second-order valence-corrected chi connectivity index (χ2v) is 5.28. The van der Waals surface area contributed by atoms with Crippen LogP contribution < -0.4 is 4.90 Å². The molecule has 0 radical (unpaired) electrons. The van der Waals surface area contributed by atoms with Gasteiger partial charge in [0.2, 0.25) is 11.8 Å². The predicted molar refractivity (Wildman–Crippen MR) is 68.6 cm³/mol. The van der Waals surface area contributed by atoms with Crippen LogP contribution >= 0.6 is 0 Å². The van der Waals surface area contributed by atoms with E-state index in [9.17, 15) is 19.5 Å². The van der Waals surface area contributed by atoms with Gasteiger partial charge in [0, 0.05) is 17.9 Å². The quantitative estimate of drug-likeness (QED) is 0.661. The zero-order valence-corrected chi connectivity index (χ0v) is 10.8. The number of hydrogen-bond acceptors (Lipinski definition) is 4. The first-order valence-electron chi connectivity index (χ1n) is 5.99. The highest BCUT2D eigenvalue weighted by Gasteiger charge is 2.47. The molecule has 0 bridgehead atoms. The summed E-state index contributed by atoms with van der Waals surface area (Å²) in [5.41, 5.74) is -0.544. The summed E-state index contributed by atoms with van der Waals surface area (Å²) in [4.78, 5) is 36.4. The fourth-order valence-corrected chi connectivity index (χ4v) is 2.20. The maximum Gasteiger partial charge on any atom is 0.238 e. The normalized spacial score (nSPS) is 19.9. The van der Waals surface area contributed by atoms with Crippen LogP contribution in [-0.2, 0) is 14.4 Å². The second kappa shape index (κ2) is 4.50. The molecule has 1 fully saturated rings. The van der Waals surface area contributed by atoms with Crippen LogP contribution in [0.4, 0.5) is 5.69 Å². The highest BCUT2D eigenvalue weighted by Crippen LogP contribution is 2.37. The number of rotatable bonds is 3. The van der Waals surface area contributed by atoms with Gasteiger partial charge >= 0.3 is 0 Å².